The second-order valence-electron chi connectivity index (χ2n) is 15.5. The molecule has 2 saturated heterocycles. The van der Waals surface area contributed by atoms with Crippen molar-refractivity contribution < 1.29 is 38.5 Å². The first-order valence-corrected chi connectivity index (χ1v) is 18.4. The van der Waals surface area contributed by atoms with Crippen molar-refractivity contribution >= 4 is 53.8 Å². The van der Waals surface area contributed by atoms with Crippen molar-refractivity contribution in [2.24, 2.45) is 11.8 Å². The van der Waals surface area contributed by atoms with E-state index in [1.807, 2.05) is 71.9 Å². The standard InChI is InChI=1S/C38H54ClN3O8S/c1-21-12-11-13-23(3)38(47)20-28(48-35(46)40-38)24(4)33-37(8,50-33)29(49-34(45)25(5)41(9)30(43)14-15-36(6,7)51)19-31(44)42(10)27-18-26(16-21)17-22(2)32(27)39/h11-13,17-18,23-25,28-29,33,47,51H,14-16,19-20H2,1-10H3,(H,40,46)/b13-11+,21-12+/t23-,24-,25+,28+,29+,33+,37+,38+/m1/s1. The highest BCUT2D eigenvalue weighted by Crippen LogP contribution is 2.49. The van der Waals surface area contributed by atoms with Gasteiger partial charge in [0, 0.05) is 43.5 Å². The number of ether oxygens (including phenoxy) is 3. The summed E-state index contributed by atoms with van der Waals surface area (Å²) in [5.74, 6) is -2.23. The Morgan fingerprint density at radius 3 is 2.57 bits per heavy atom. The Morgan fingerprint density at radius 2 is 1.92 bits per heavy atom. The summed E-state index contributed by atoms with van der Waals surface area (Å²) < 4.78 is 17.7. The number of thiol groups is 1. The largest absolute Gasteiger partial charge is 0.457 e. The van der Waals surface area contributed by atoms with Gasteiger partial charge in [0.2, 0.25) is 11.8 Å². The van der Waals surface area contributed by atoms with Gasteiger partial charge < -0.3 is 29.1 Å². The summed E-state index contributed by atoms with van der Waals surface area (Å²) in [6.45, 7) is 14.7. The van der Waals surface area contributed by atoms with Crippen molar-refractivity contribution in [3.63, 3.8) is 0 Å². The fourth-order valence-electron chi connectivity index (χ4n) is 6.75. The van der Waals surface area contributed by atoms with E-state index in [1.54, 1.807) is 27.9 Å². The molecule has 3 amide bonds. The van der Waals surface area contributed by atoms with E-state index in [9.17, 15) is 24.3 Å². The molecule has 0 aromatic heterocycles. The number of nitrogens with zero attached hydrogens (tertiary/aromatic N) is 2. The minimum atomic E-state index is -1.60. The van der Waals surface area contributed by atoms with Crippen LogP contribution in [-0.4, -0.2) is 88.4 Å². The quantitative estimate of drug-likeness (QED) is 0.185. The summed E-state index contributed by atoms with van der Waals surface area (Å²) in [6, 6.07) is 2.89. The van der Waals surface area contributed by atoms with E-state index in [2.05, 4.69) is 17.9 Å². The number of carbonyl (C=O) groups is 4. The van der Waals surface area contributed by atoms with E-state index in [0.717, 1.165) is 16.7 Å². The van der Waals surface area contributed by atoms with Gasteiger partial charge in [0.25, 0.3) is 0 Å². The molecule has 0 radical (unpaired) electrons. The zero-order valence-electron chi connectivity index (χ0n) is 31.4. The van der Waals surface area contributed by atoms with E-state index < -0.39 is 59.6 Å². The molecule has 13 heteroatoms. The number of halogens is 1. The van der Waals surface area contributed by atoms with Crippen LogP contribution in [0.15, 0.2) is 35.9 Å². The first kappa shape index (κ1) is 40.7. The van der Waals surface area contributed by atoms with Gasteiger partial charge in [0.05, 0.1) is 23.2 Å². The molecular formula is C38H54ClN3O8S. The van der Waals surface area contributed by atoms with Gasteiger partial charge in [0.15, 0.2) is 0 Å². The smallest absolute Gasteiger partial charge is 0.409 e. The second-order valence-corrected chi connectivity index (χ2v) is 17.1. The first-order chi connectivity index (χ1) is 23.6. The van der Waals surface area contributed by atoms with E-state index in [4.69, 9.17) is 25.8 Å². The molecule has 0 spiro atoms. The predicted octanol–water partition coefficient (Wildman–Crippen LogP) is 5.92. The van der Waals surface area contributed by atoms with Crippen molar-refractivity contribution in [1.82, 2.24) is 10.2 Å². The first-order valence-electron chi connectivity index (χ1n) is 17.5. The highest BCUT2D eigenvalue weighted by atomic mass is 35.5. The molecule has 0 saturated carbocycles. The lowest BCUT2D eigenvalue weighted by molar-refractivity contribution is -0.162. The Balaban J connectivity index is 1.71. The number of epoxide rings is 1. The van der Waals surface area contributed by atoms with Gasteiger partial charge in [-0.3, -0.25) is 14.9 Å². The molecule has 3 aliphatic rings. The Bertz CT molecular complexity index is 1590. The maximum Gasteiger partial charge on any atom is 0.409 e. The molecule has 282 valence electrons. The lowest BCUT2D eigenvalue weighted by Crippen LogP contribution is -2.60. The highest BCUT2D eigenvalue weighted by Gasteiger charge is 2.64. The normalized spacial score (nSPS) is 32.4. The third kappa shape index (κ3) is 9.49. The number of hydrogen-bond acceptors (Lipinski definition) is 9. The topological polar surface area (TPSA) is 138 Å². The Labute approximate surface area is 312 Å². The number of benzene rings is 1. The molecule has 11 nitrogen and oxygen atoms in total. The fraction of sp³-hybridized carbons (Fsp3) is 0.632. The number of allylic oxidation sites excluding steroid dienone is 3. The molecule has 0 unspecified atom stereocenters. The van der Waals surface area contributed by atoms with Crippen LogP contribution < -0.4 is 10.2 Å². The summed E-state index contributed by atoms with van der Waals surface area (Å²) in [6.07, 6.45) is 3.57. The molecule has 8 atom stereocenters. The SMILES string of the molecule is C/C1=C\C=C\[C@@H](C)[C@@]2(O)C[C@H](OC(=O)N2)[C@@H](C)[C@@H]2O[C@@]2(C)[C@@H](OC(=O)[C@H](C)N(C)C(=O)CCC(C)(C)S)CC(=O)N(C)c2cc(cc(C)c2Cl)C1. The number of amides is 3. The van der Waals surface area contributed by atoms with Crippen LogP contribution in [0.4, 0.5) is 10.5 Å². The van der Waals surface area contributed by atoms with Gasteiger partial charge in [-0.1, -0.05) is 69.2 Å². The second kappa shape index (κ2) is 15.5. The molecule has 1 aromatic carbocycles. The average molecular weight is 748 g/mol. The minimum absolute atomic E-state index is 0.0762. The molecular weight excluding hydrogens is 694 g/mol. The predicted molar refractivity (Wildman–Crippen MR) is 200 cm³/mol. The summed E-state index contributed by atoms with van der Waals surface area (Å²) in [5, 5.41) is 14.7. The van der Waals surface area contributed by atoms with Crippen LogP contribution in [0.1, 0.15) is 85.3 Å². The maximum absolute atomic E-state index is 14.1. The van der Waals surface area contributed by atoms with Crippen molar-refractivity contribution in [2.45, 2.75) is 128 Å². The zero-order valence-corrected chi connectivity index (χ0v) is 33.1. The maximum atomic E-state index is 14.1. The van der Waals surface area contributed by atoms with E-state index in [-0.39, 0.29) is 35.8 Å². The molecule has 2 fully saturated rings. The molecule has 0 aliphatic carbocycles. The summed E-state index contributed by atoms with van der Waals surface area (Å²) in [4.78, 5) is 56.3. The third-order valence-corrected chi connectivity index (χ3v) is 11.3. The summed E-state index contributed by atoms with van der Waals surface area (Å²) in [5.41, 5.74) is 0.530. The van der Waals surface area contributed by atoms with Crippen molar-refractivity contribution in [2.75, 3.05) is 19.0 Å². The lowest BCUT2D eigenvalue weighted by atomic mass is 9.82. The molecule has 3 heterocycles. The monoisotopic (exact) mass is 747 g/mol. The lowest BCUT2D eigenvalue weighted by Gasteiger charge is -2.41. The van der Waals surface area contributed by atoms with Gasteiger partial charge in [-0.25, -0.2) is 9.59 Å². The van der Waals surface area contributed by atoms with Crippen LogP contribution in [0.2, 0.25) is 5.02 Å². The number of likely N-dealkylation sites (N-methyl/N-ethyl adjacent to an activating group) is 1. The molecule has 4 rings (SSSR count). The number of anilines is 1. The van der Waals surface area contributed by atoms with Gasteiger partial charge in [-0.05, 0) is 57.7 Å². The number of carbonyl (C=O) groups excluding carboxylic acids is 4. The third-order valence-electron chi connectivity index (χ3n) is 10.6. The molecule has 2 N–H and O–H groups in total. The zero-order chi connectivity index (χ0) is 38.2. The fourth-order valence-corrected chi connectivity index (χ4v) is 7.10. The number of hydrogen-bond donors (Lipinski definition) is 3. The van der Waals surface area contributed by atoms with Crippen molar-refractivity contribution in [1.29, 1.82) is 0 Å². The average Bonchev–Trinajstić information content (AvgIpc) is 3.74. The number of aliphatic hydroxyl groups is 1. The van der Waals surface area contributed by atoms with Crippen LogP contribution in [0.5, 0.6) is 0 Å². The van der Waals surface area contributed by atoms with E-state index >= 15 is 0 Å². The number of fused-ring (bicyclic) bond motifs is 5. The van der Waals surface area contributed by atoms with Gasteiger partial charge >= 0.3 is 12.1 Å². The number of alkyl carbamates (subject to hydrolysis) is 1. The van der Waals surface area contributed by atoms with Crippen LogP contribution in [0.25, 0.3) is 0 Å². The van der Waals surface area contributed by atoms with Gasteiger partial charge in [-0.2, -0.15) is 12.6 Å². The molecule has 4 bridgehead atoms. The van der Waals surface area contributed by atoms with Gasteiger partial charge in [0.1, 0.15) is 29.6 Å². The summed E-state index contributed by atoms with van der Waals surface area (Å²) >= 11 is 11.3. The van der Waals surface area contributed by atoms with Gasteiger partial charge in [-0.15, -0.1) is 0 Å². The molecule has 1 aromatic rings. The van der Waals surface area contributed by atoms with Crippen molar-refractivity contribution in [3.05, 3.63) is 52.1 Å². The summed E-state index contributed by atoms with van der Waals surface area (Å²) in [7, 11) is 3.17. The molecule has 51 heavy (non-hydrogen) atoms. The Hall–Kier alpha value is -3.06. The van der Waals surface area contributed by atoms with E-state index in [1.165, 1.54) is 9.80 Å². The van der Waals surface area contributed by atoms with Crippen LogP contribution >= 0.6 is 24.2 Å². The Kier molecular flexibility index (Phi) is 12.4. The Morgan fingerprint density at radius 1 is 1.25 bits per heavy atom. The van der Waals surface area contributed by atoms with Crippen LogP contribution in [0, 0.1) is 18.8 Å². The molecule has 3 aliphatic heterocycles. The minimum Gasteiger partial charge on any atom is -0.457 e. The number of rotatable bonds is 6. The van der Waals surface area contributed by atoms with Crippen LogP contribution in [-0.2, 0) is 35.0 Å². The number of esters is 1. The van der Waals surface area contributed by atoms with Crippen molar-refractivity contribution in [3.8, 4) is 0 Å². The number of aryl methyl sites for hydroxylation is 1. The van der Waals surface area contributed by atoms with E-state index in [0.29, 0.717) is 23.6 Å². The number of nitrogens with one attached hydrogen (secondary N) is 1. The highest BCUT2D eigenvalue weighted by molar-refractivity contribution is 7.81. The van der Waals surface area contributed by atoms with Crippen LogP contribution in [0.3, 0.4) is 0 Å².